The predicted molar refractivity (Wildman–Crippen MR) is 51.5 cm³/mol. The van der Waals surface area contributed by atoms with Gasteiger partial charge in [-0.3, -0.25) is 9.69 Å². The maximum absolute atomic E-state index is 13.0. The van der Waals surface area contributed by atoms with Crippen molar-refractivity contribution < 1.29 is 9.18 Å². The zero-order chi connectivity index (χ0) is 9.97. The SMILES string of the molecule is O=CN1CCCCC1N1CCC(F)C1. The molecule has 0 aromatic carbocycles. The summed E-state index contributed by atoms with van der Waals surface area (Å²) in [5, 5.41) is 0. The monoisotopic (exact) mass is 200 g/mol. The first-order chi connectivity index (χ1) is 6.81. The van der Waals surface area contributed by atoms with Crippen molar-refractivity contribution in [2.24, 2.45) is 0 Å². The third-order valence-corrected chi connectivity index (χ3v) is 3.23. The maximum atomic E-state index is 13.0. The fourth-order valence-corrected chi connectivity index (χ4v) is 2.47. The minimum Gasteiger partial charge on any atom is -0.330 e. The van der Waals surface area contributed by atoms with Crippen LogP contribution in [0.15, 0.2) is 0 Å². The molecule has 0 saturated carbocycles. The molecule has 0 aromatic heterocycles. The van der Waals surface area contributed by atoms with E-state index in [0.717, 1.165) is 38.8 Å². The van der Waals surface area contributed by atoms with Crippen molar-refractivity contribution in [2.75, 3.05) is 19.6 Å². The van der Waals surface area contributed by atoms with E-state index < -0.39 is 6.17 Å². The van der Waals surface area contributed by atoms with E-state index in [1.165, 1.54) is 0 Å². The number of hydrogen-bond donors (Lipinski definition) is 0. The summed E-state index contributed by atoms with van der Waals surface area (Å²) in [5.74, 6) is 0. The Hall–Kier alpha value is -0.640. The number of likely N-dealkylation sites (tertiary alicyclic amines) is 2. The Morgan fingerprint density at radius 1 is 1.21 bits per heavy atom. The van der Waals surface area contributed by atoms with Crippen LogP contribution in [0.4, 0.5) is 4.39 Å². The average molecular weight is 200 g/mol. The first-order valence-corrected chi connectivity index (χ1v) is 5.40. The molecule has 0 aromatic rings. The molecule has 4 heteroatoms. The van der Waals surface area contributed by atoms with E-state index in [1.807, 2.05) is 4.90 Å². The first-order valence-electron chi connectivity index (χ1n) is 5.40. The number of piperidine rings is 1. The fourth-order valence-electron chi connectivity index (χ4n) is 2.47. The first kappa shape index (κ1) is 9.90. The summed E-state index contributed by atoms with van der Waals surface area (Å²) in [6, 6.07) is 0. The molecular formula is C10H17FN2O. The van der Waals surface area contributed by atoms with Crippen LogP contribution in [0, 0.1) is 0 Å². The van der Waals surface area contributed by atoms with Gasteiger partial charge in [0.1, 0.15) is 6.17 Å². The van der Waals surface area contributed by atoms with Crippen LogP contribution in [0.5, 0.6) is 0 Å². The van der Waals surface area contributed by atoms with Gasteiger partial charge in [-0.05, 0) is 25.7 Å². The Labute approximate surface area is 83.9 Å². The number of amides is 1. The molecule has 14 heavy (non-hydrogen) atoms. The lowest BCUT2D eigenvalue weighted by atomic mass is 10.1. The van der Waals surface area contributed by atoms with Crippen LogP contribution >= 0.6 is 0 Å². The van der Waals surface area contributed by atoms with Crippen molar-refractivity contribution in [3.8, 4) is 0 Å². The smallest absolute Gasteiger partial charge is 0.210 e. The fraction of sp³-hybridized carbons (Fsp3) is 0.900. The van der Waals surface area contributed by atoms with E-state index in [2.05, 4.69) is 4.90 Å². The molecule has 3 nitrogen and oxygen atoms in total. The Kier molecular flexibility index (Phi) is 3.01. The van der Waals surface area contributed by atoms with Crippen LogP contribution in [0.25, 0.3) is 0 Å². The van der Waals surface area contributed by atoms with Gasteiger partial charge in [0.2, 0.25) is 6.41 Å². The molecule has 2 aliphatic heterocycles. The number of carbonyl (C=O) groups excluding carboxylic acids is 1. The minimum atomic E-state index is -0.689. The molecule has 0 radical (unpaired) electrons. The molecule has 2 unspecified atom stereocenters. The molecule has 0 aliphatic carbocycles. The van der Waals surface area contributed by atoms with E-state index in [9.17, 15) is 9.18 Å². The molecule has 2 heterocycles. The van der Waals surface area contributed by atoms with Gasteiger partial charge in [-0.1, -0.05) is 0 Å². The van der Waals surface area contributed by atoms with Crippen molar-refractivity contribution in [2.45, 2.75) is 38.0 Å². The van der Waals surface area contributed by atoms with Crippen LogP contribution in [0.3, 0.4) is 0 Å². The van der Waals surface area contributed by atoms with Crippen LogP contribution in [-0.2, 0) is 4.79 Å². The highest BCUT2D eigenvalue weighted by Crippen LogP contribution is 2.23. The molecule has 1 amide bonds. The summed E-state index contributed by atoms with van der Waals surface area (Å²) in [5.41, 5.74) is 0. The number of alkyl halides is 1. The van der Waals surface area contributed by atoms with E-state index in [1.54, 1.807) is 0 Å². The second-order valence-corrected chi connectivity index (χ2v) is 4.20. The van der Waals surface area contributed by atoms with Gasteiger partial charge in [0.05, 0.1) is 6.17 Å². The maximum Gasteiger partial charge on any atom is 0.210 e. The van der Waals surface area contributed by atoms with Gasteiger partial charge in [0.15, 0.2) is 0 Å². The molecule has 0 N–H and O–H groups in total. The summed E-state index contributed by atoms with van der Waals surface area (Å²) >= 11 is 0. The third kappa shape index (κ3) is 1.90. The van der Waals surface area contributed by atoms with Crippen LogP contribution in [0.1, 0.15) is 25.7 Å². The standard InChI is InChI=1S/C10H17FN2O/c11-9-4-6-12(7-9)10-3-1-2-5-13(10)8-14/h8-10H,1-7H2. The van der Waals surface area contributed by atoms with Gasteiger partial charge in [-0.15, -0.1) is 0 Å². The van der Waals surface area contributed by atoms with Crippen LogP contribution in [0.2, 0.25) is 0 Å². The normalized spacial score (nSPS) is 34.8. The van der Waals surface area contributed by atoms with E-state index in [0.29, 0.717) is 13.0 Å². The molecule has 80 valence electrons. The van der Waals surface area contributed by atoms with Gasteiger partial charge in [-0.25, -0.2) is 4.39 Å². The minimum absolute atomic E-state index is 0.169. The van der Waals surface area contributed by atoms with Crippen LogP contribution in [-0.4, -0.2) is 48.2 Å². The Morgan fingerprint density at radius 3 is 2.71 bits per heavy atom. The Morgan fingerprint density at radius 2 is 2.07 bits per heavy atom. The Balaban J connectivity index is 1.96. The predicted octanol–water partition coefficient (Wildman–Crippen LogP) is 0.999. The van der Waals surface area contributed by atoms with Crippen molar-refractivity contribution in [1.29, 1.82) is 0 Å². The highest BCUT2D eigenvalue weighted by molar-refractivity contribution is 5.47. The zero-order valence-corrected chi connectivity index (χ0v) is 8.36. The zero-order valence-electron chi connectivity index (χ0n) is 8.36. The van der Waals surface area contributed by atoms with Gasteiger partial charge in [-0.2, -0.15) is 0 Å². The highest BCUT2D eigenvalue weighted by atomic mass is 19.1. The molecule has 0 spiro atoms. The molecule has 2 aliphatic rings. The number of rotatable bonds is 2. The van der Waals surface area contributed by atoms with Gasteiger partial charge in [0, 0.05) is 19.6 Å². The number of hydrogen-bond acceptors (Lipinski definition) is 2. The average Bonchev–Trinajstić information content (AvgIpc) is 2.65. The molecule has 2 fully saturated rings. The third-order valence-electron chi connectivity index (χ3n) is 3.23. The summed E-state index contributed by atoms with van der Waals surface area (Å²) in [7, 11) is 0. The lowest BCUT2D eigenvalue weighted by Gasteiger charge is -2.38. The number of nitrogens with zero attached hydrogens (tertiary/aromatic N) is 2. The van der Waals surface area contributed by atoms with Crippen LogP contribution < -0.4 is 0 Å². The lowest BCUT2D eigenvalue weighted by Crippen LogP contribution is -2.49. The number of carbonyl (C=O) groups is 1. The summed E-state index contributed by atoms with van der Waals surface area (Å²) in [6.07, 6.45) is 4.27. The van der Waals surface area contributed by atoms with E-state index >= 15 is 0 Å². The highest BCUT2D eigenvalue weighted by Gasteiger charge is 2.32. The van der Waals surface area contributed by atoms with Crippen molar-refractivity contribution in [1.82, 2.24) is 9.80 Å². The van der Waals surface area contributed by atoms with Gasteiger partial charge in [0.25, 0.3) is 0 Å². The molecule has 2 saturated heterocycles. The van der Waals surface area contributed by atoms with E-state index in [-0.39, 0.29) is 6.17 Å². The van der Waals surface area contributed by atoms with Crippen molar-refractivity contribution in [3.05, 3.63) is 0 Å². The molecule has 2 rings (SSSR count). The molecule has 0 bridgehead atoms. The second-order valence-electron chi connectivity index (χ2n) is 4.20. The quantitative estimate of drug-likeness (QED) is 0.621. The second kappa shape index (κ2) is 4.26. The van der Waals surface area contributed by atoms with Crippen molar-refractivity contribution in [3.63, 3.8) is 0 Å². The largest absolute Gasteiger partial charge is 0.330 e. The summed E-state index contributed by atoms with van der Waals surface area (Å²) in [6.45, 7) is 2.15. The van der Waals surface area contributed by atoms with Gasteiger partial charge < -0.3 is 4.90 Å². The van der Waals surface area contributed by atoms with Crippen molar-refractivity contribution >= 4 is 6.41 Å². The molecule has 2 atom stereocenters. The molecular weight excluding hydrogens is 183 g/mol. The lowest BCUT2D eigenvalue weighted by molar-refractivity contribution is -0.125. The summed E-state index contributed by atoms with van der Waals surface area (Å²) < 4.78 is 13.0. The van der Waals surface area contributed by atoms with E-state index in [4.69, 9.17) is 0 Å². The Bertz CT molecular complexity index is 212. The topological polar surface area (TPSA) is 23.6 Å². The number of halogens is 1. The van der Waals surface area contributed by atoms with Gasteiger partial charge >= 0.3 is 0 Å². The summed E-state index contributed by atoms with van der Waals surface area (Å²) in [4.78, 5) is 14.7.